The average Bonchev–Trinajstić information content (AvgIpc) is 2.47. The molecule has 0 saturated heterocycles. The molecule has 98 valence electrons. The second-order valence-corrected chi connectivity index (χ2v) is 3.89. The highest BCUT2D eigenvalue weighted by Crippen LogP contribution is 2.36. The standard InChI is InChI=1S/C14H14N2O3/c1-9-12(18-2)5-4-10(14(9)19-3)11-6-7-15-13(8-17)16-11/h4-8H,1-3H3. The van der Waals surface area contributed by atoms with Crippen LogP contribution in [0.4, 0.5) is 0 Å². The van der Waals surface area contributed by atoms with Crippen molar-refractivity contribution < 1.29 is 14.3 Å². The van der Waals surface area contributed by atoms with Gasteiger partial charge in [0.25, 0.3) is 0 Å². The Morgan fingerprint density at radius 2 is 1.95 bits per heavy atom. The highest BCUT2D eigenvalue weighted by atomic mass is 16.5. The third-order valence-corrected chi connectivity index (χ3v) is 2.84. The van der Waals surface area contributed by atoms with Crippen LogP contribution in [0.3, 0.4) is 0 Å². The summed E-state index contributed by atoms with van der Waals surface area (Å²) in [7, 11) is 3.20. The van der Waals surface area contributed by atoms with E-state index in [1.165, 1.54) is 0 Å². The zero-order chi connectivity index (χ0) is 13.8. The fraction of sp³-hybridized carbons (Fsp3) is 0.214. The summed E-state index contributed by atoms with van der Waals surface area (Å²) in [6, 6.07) is 5.42. The summed E-state index contributed by atoms with van der Waals surface area (Å²) in [6.45, 7) is 1.91. The van der Waals surface area contributed by atoms with E-state index in [0.29, 0.717) is 17.7 Å². The van der Waals surface area contributed by atoms with Crippen molar-refractivity contribution in [3.63, 3.8) is 0 Å². The number of methoxy groups -OCH3 is 2. The second kappa shape index (κ2) is 5.48. The molecule has 0 N–H and O–H groups in total. The number of hydrogen-bond donors (Lipinski definition) is 0. The van der Waals surface area contributed by atoms with Crippen molar-refractivity contribution in [1.82, 2.24) is 9.97 Å². The average molecular weight is 258 g/mol. The number of aldehydes is 1. The highest BCUT2D eigenvalue weighted by Gasteiger charge is 2.14. The molecule has 0 aliphatic carbocycles. The molecule has 2 rings (SSSR count). The number of carbonyl (C=O) groups excluding carboxylic acids is 1. The molecule has 1 heterocycles. The molecule has 1 aromatic heterocycles. The third kappa shape index (κ3) is 2.40. The lowest BCUT2D eigenvalue weighted by Crippen LogP contribution is -1.98. The predicted molar refractivity (Wildman–Crippen MR) is 70.7 cm³/mol. The van der Waals surface area contributed by atoms with Crippen LogP contribution in [0.1, 0.15) is 16.2 Å². The van der Waals surface area contributed by atoms with Crippen molar-refractivity contribution in [1.29, 1.82) is 0 Å². The first-order valence-electron chi connectivity index (χ1n) is 5.71. The lowest BCUT2D eigenvalue weighted by Gasteiger charge is -2.14. The van der Waals surface area contributed by atoms with Crippen molar-refractivity contribution in [2.45, 2.75) is 6.92 Å². The smallest absolute Gasteiger partial charge is 0.193 e. The van der Waals surface area contributed by atoms with Crippen molar-refractivity contribution >= 4 is 6.29 Å². The normalized spacial score (nSPS) is 10.1. The van der Waals surface area contributed by atoms with Gasteiger partial charge in [-0.2, -0.15) is 0 Å². The predicted octanol–water partition coefficient (Wildman–Crippen LogP) is 2.28. The van der Waals surface area contributed by atoms with Crippen LogP contribution in [-0.4, -0.2) is 30.5 Å². The van der Waals surface area contributed by atoms with E-state index in [1.807, 2.05) is 19.1 Å². The summed E-state index contributed by atoms with van der Waals surface area (Å²) >= 11 is 0. The van der Waals surface area contributed by atoms with Crippen LogP contribution >= 0.6 is 0 Å². The van der Waals surface area contributed by atoms with E-state index < -0.39 is 0 Å². The Kier molecular flexibility index (Phi) is 3.75. The fourth-order valence-electron chi connectivity index (χ4n) is 1.94. The maximum atomic E-state index is 10.7. The van der Waals surface area contributed by atoms with Crippen LogP contribution < -0.4 is 9.47 Å². The summed E-state index contributed by atoms with van der Waals surface area (Å²) in [5, 5.41) is 0. The maximum Gasteiger partial charge on any atom is 0.193 e. The Balaban J connectivity index is 2.61. The van der Waals surface area contributed by atoms with Crippen LogP contribution in [0.25, 0.3) is 11.3 Å². The number of ether oxygens (including phenoxy) is 2. The lowest BCUT2D eigenvalue weighted by atomic mass is 10.1. The molecular weight excluding hydrogens is 244 g/mol. The summed E-state index contributed by atoms with van der Waals surface area (Å²) < 4.78 is 10.7. The zero-order valence-electron chi connectivity index (χ0n) is 11.0. The molecule has 0 radical (unpaired) electrons. The van der Waals surface area contributed by atoms with Gasteiger partial charge in [-0.15, -0.1) is 0 Å². The van der Waals surface area contributed by atoms with Gasteiger partial charge in [-0.05, 0) is 25.1 Å². The number of carbonyl (C=O) groups is 1. The van der Waals surface area contributed by atoms with Gasteiger partial charge in [0.1, 0.15) is 11.5 Å². The third-order valence-electron chi connectivity index (χ3n) is 2.84. The molecule has 1 aromatic carbocycles. The van der Waals surface area contributed by atoms with Gasteiger partial charge >= 0.3 is 0 Å². The van der Waals surface area contributed by atoms with Gasteiger partial charge in [0.05, 0.1) is 19.9 Å². The molecular formula is C14H14N2O3. The van der Waals surface area contributed by atoms with Crippen LogP contribution in [0.5, 0.6) is 11.5 Å². The van der Waals surface area contributed by atoms with Gasteiger partial charge in [-0.1, -0.05) is 0 Å². The molecule has 0 fully saturated rings. The van der Waals surface area contributed by atoms with Crippen molar-refractivity contribution in [3.05, 3.63) is 35.8 Å². The van der Waals surface area contributed by atoms with E-state index in [2.05, 4.69) is 9.97 Å². The summed E-state index contributed by atoms with van der Waals surface area (Å²) in [5.74, 6) is 1.56. The van der Waals surface area contributed by atoms with Crippen LogP contribution in [0.15, 0.2) is 24.4 Å². The Bertz CT molecular complexity index is 612. The summed E-state index contributed by atoms with van der Waals surface area (Å²) in [4.78, 5) is 18.8. The van der Waals surface area contributed by atoms with Crippen LogP contribution in [0.2, 0.25) is 0 Å². The molecule has 0 saturated carbocycles. The maximum absolute atomic E-state index is 10.7. The minimum Gasteiger partial charge on any atom is -0.496 e. The Hall–Kier alpha value is -2.43. The minimum atomic E-state index is 0.146. The highest BCUT2D eigenvalue weighted by molar-refractivity contribution is 5.74. The molecule has 19 heavy (non-hydrogen) atoms. The number of benzene rings is 1. The lowest BCUT2D eigenvalue weighted by molar-refractivity contribution is 0.111. The number of aromatic nitrogens is 2. The molecule has 0 unspecified atom stereocenters. The molecule has 0 spiro atoms. The Morgan fingerprint density at radius 3 is 2.58 bits per heavy atom. The fourth-order valence-corrected chi connectivity index (χ4v) is 1.94. The first kappa shape index (κ1) is 13.0. The topological polar surface area (TPSA) is 61.3 Å². The van der Waals surface area contributed by atoms with Crippen LogP contribution in [-0.2, 0) is 0 Å². The van der Waals surface area contributed by atoms with Crippen molar-refractivity contribution in [2.75, 3.05) is 14.2 Å². The van der Waals surface area contributed by atoms with Gasteiger partial charge in [-0.3, -0.25) is 4.79 Å². The molecule has 5 heteroatoms. The second-order valence-electron chi connectivity index (χ2n) is 3.89. The van der Waals surface area contributed by atoms with Gasteiger partial charge in [0.15, 0.2) is 12.1 Å². The van der Waals surface area contributed by atoms with Gasteiger partial charge in [-0.25, -0.2) is 9.97 Å². The molecule has 5 nitrogen and oxygen atoms in total. The first-order chi connectivity index (χ1) is 9.21. The molecule has 0 aliphatic rings. The quantitative estimate of drug-likeness (QED) is 0.787. The Morgan fingerprint density at radius 1 is 1.16 bits per heavy atom. The molecule has 0 amide bonds. The van der Waals surface area contributed by atoms with Crippen molar-refractivity contribution in [2.24, 2.45) is 0 Å². The van der Waals surface area contributed by atoms with Crippen LogP contribution in [0, 0.1) is 6.92 Å². The zero-order valence-corrected chi connectivity index (χ0v) is 11.0. The van der Waals surface area contributed by atoms with E-state index in [0.717, 1.165) is 16.9 Å². The number of nitrogens with zero attached hydrogens (tertiary/aromatic N) is 2. The summed E-state index contributed by atoms with van der Waals surface area (Å²) in [6.07, 6.45) is 2.16. The van der Waals surface area contributed by atoms with E-state index in [9.17, 15) is 4.79 Å². The van der Waals surface area contributed by atoms with Gasteiger partial charge < -0.3 is 9.47 Å². The van der Waals surface area contributed by atoms with E-state index in [4.69, 9.17) is 9.47 Å². The van der Waals surface area contributed by atoms with Gasteiger partial charge in [0, 0.05) is 17.3 Å². The van der Waals surface area contributed by atoms with Gasteiger partial charge in [0.2, 0.25) is 0 Å². The van der Waals surface area contributed by atoms with E-state index in [1.54, 1.807) is 26.5 Å². The number of rotatable bonds is 4. The minimum absolute atomic E-state index is 0.146. The first-order valence-corrected chi connectivity index (χ1v) is 5.71. The van der Waals surface area contributed by atoms with E-state index in [-0.39, 0.29) is 5.82 Å². The monoisotopic (exact) mass is 258 g/mol. The largest absolute Gasteiger partial charge is 0.496 e. The molecule has 0 atom stereocenters. The number of hydrogen-bond acceptors (Lipinski definition) is 5. The SMILES string of the molecule is COc1ccc(-c2ccnc(C=O)n2)c(OC)c1C. The Labute approximate surface area is 111 Å². The molecule has 0 aliphatic heterocycles. The molecule has 2 aromatic rings. The van der Waals surface area contributed by atoms with E-state index >= 15 is 0 Å². The summed E-state index contributed by atoms with van der Waals surface area (Å²) in [5.41, 5.74) is 2.32. The van der Waals surface area contributed by atoms with Crippen molar-refractivity contribution in [3.8, 4) is 22.8 Å². The molecule has 0 bridgehead atoms.